The molecular weight excluding hydrogens is 228 g/mol. The van der Waals surface area contributed by atoms with Crippen LogP contribution in [0.15, 0.2) is 34.9 Å². The average Bonchev–Trinajstić information content (AvgIpc) is 2.80. The van der Waals surface area contributed by atoms with Crippen molar-refractivity contribution in [3.05, 3.63) is 41.7 Å². The van der Waals surface area contributed by atoms with Gasteiger partial charge in [-0.15, -0.1) is 0 Å². The summed E-state index contributed by atoms with van der Waals surface area (Å²) in [6.07, 6.45) is 0. The van der Waals surface area contributed by atoms with E-state index in [0.29, 0.717) is 23.6 Å². The van der Waals surface area contributed by atoms with Gasteiger partial charge in [0.1, 0.15) is 17.0 Å². The van der Waals surface area contributed by atoms with Gasteiger partial charge in [-0.1, -0.05) is 35.5 Å². The minimum absolute atomic E-state index is 0.0601. The molecule has 0 radical (unpaired) electrons. The molecular formula is C14H16N2O2. The number of aryl methyl sites for hydroxylation is 1. The second-order valence-electron chi connectivity index (χ2n) is 4.15. The lowest BCUT2D eigenvalue weighted by Gasteiger charge is -2.14. The number of rotatable bonds is 3. The normalized spacial score (nSPS) is 10.4. The van der Waals surface area contributed by atoms with Gasteiger partial charge >= 0.3 is 0 Å². The second-order valence-corrected chi connectivity index (χ2v) is 4.15. The summed E-state index contributed by atoms with van der Waals surface area (Å²) in [5, 5.41) is 4.00. The van der Waals surface area contributed by atoms with Crippen LogP contribution in [-0.2, 0) is 0 Å². The van der Waals surface area contributed by atoms with E-state index in [-0.39, 0.29) is 5.91 Å². The Bertz CT molecular complexity index is 546. The Labute approximate surface area is 106 Å². The van der Waals surface area contributed by atoms with Crippen molar-refractivity contribution in [3.8, 4) is 11.3 Å². The Morgan fingerprint density at radius 2 is 2.00 bits per heavy atom. The molecule has 1 aromatic heterocycles. The molecule has 0 saturated carbocycles. The van der Waals surface area contributed by atoms with Crippen LogP contribution in [0, 0.1) is 6.92 Å². The van der Waals surface area contributed by atoms with Gasteiger partial charge in [-0.05, 0) is 13.8 Å². The van der Waals surface area contributed by atoms with E-state index in [1.54, 1.807) is 18.9 Å². The largest absolute Gasteiger partial charge is 0.360 e. The van der Waals surface area contributed by atoms with Crippen molar-refractivity contribution in [2.45, 2.75) is 13.8 Å². The summed E-state index contributed by atoms with van der Waals surface area (Å²) in [4.78, 5) is 13.9. The Balaban J connectivity index is 2.49. The van der Waals surface area contributed by atoms with Crippen LogP contribution in [0.1, 0.15) is 23.0 Å². The molecule has 0 fully saturated rings. The van der Waals surface area contributed by atoms with Crippen molar-refractivity contribution in [3.63, 3.8) is 0 Å². The number of carbonyl (C=O) groups is 1. The van der Waals surface area contributed by atoms with E-state index in [2.05, 4.69) is 5.16 Å². The number of benzene rings is 1. The molecule has 0 bridgehead atoms. The zero-order chi connectivity index (χ0) is 13.1. The first-order chi connectivity index (χ1) is 8.65. The third kappa shape index (κ3) is 2.14. The number of hydrogen-bond donors (Lipinski definition) is 0. The van der Waals surface area contributed by atoms with Gasteiger partial charge in [0.25, 0.3) is 5.91 Å². The van der Waals surface area contributed by atoms with Crippen molar-refractivity contribution >= 4 is 5.91 Å². The fourth-order valence-corrected chi connectivity index (χ4v) is 1.75. The zero-order valence-corrected chi connectivity index (χ0v) is 10.8. The SMILES string of the molecule is CCN(C)C(=O)c1c(-c2ccccc2)noc1C. The number of aromatic nitrogens is 1. The van der Waals surface area contributed by atoms with Gasteiger partial charge in [0.2, 0.25) is 0 Å². The highest BCUT2D eigenvalue weighted by Crippen LogP contribution is 2.25. The topological polar surface area (TPSA) is 46.3 Å². The highest BCUT2D eigenvalue weighted by Gasteiger charge is 2.23. The van der Waals surface area contributed by atoms with Crippen LogP contribution in [0.4, 0.5) is 0 Å². The lowest BCUT2D eigenvalue weighted by Crippen LogP contribution is -2.26. The van der Waals surface area contributed by atoms with E-state index < -0.39 is 0 Å². The van der Waals surface area contributed by atoms with Crippen LogP contribution in [0.3, 0.4) is 0 Å². The standard InChI is InChI=1S/C14H16N2O2/c1-4-16(3)14(17)12-10(2)18-15-13(12)11-8-6-5-7-9-11/h5-9H,4H2,1-3H3. The minimum Gasteiger partial charge on any atom is -0.360 e. The molecule has 1 heterocycles. The Morgan fingerprint density at radius 1 is 1.33 bits per heavy atom. The third-order valence-electron chi connectivity index (χ3n) is 2.94. The van der Waals surface area contributed by atoms with Gasteiger partial charge in [0, 0.05) is 19.2 Å². The molecule has 0 spiro atoms. The first-order valence-corrected chi connectivity index (χ1v) is 5.92. The Hall–Kier alpha value is -2.10. The van der Waals surface area contributed by atoms with E-state index in [9.17, 15) is 4.79 Å². The molecule has 0 unspecified atom stereocenters. The quantitative estimate of drug-likeness (QED) is 0.834. The number of hydrogen-bond acceptors (Lipinski definition) is 3. The first kappa shape index (κ1) is 12.4. The van der Waals surface area contributed by atoms with Crippen molar-refractivity contribution in [2.24, 2.45) is 0 Å². The van der Waals surface area contributed by atoms with Gasteiger partial charge in [0.05, 0.1) is 0 Å². The molecule has 2 rings (SSSR count). The first-order valence-electron chi connectivity index (χ1n) is 5.92. The molecule has 4 nitrogen and oxygen atoms in total. The molecule has 0 atom stereocenters. The monoisotopic (exact) mass is 244 g/mol. The van der Waals surface area contributed by atoms with Crippen molar-refractivity contribution in [2.75, 3.05) is 13.6 Å². The molecule has 0 aliphatic heterocycles. The van der Waals surface area contributed by atoms with Crippen LogP contribution in [0.25, 0.3) is 11.3 Å². The highest BCUT2D eigenvalue weighted by atomic mass is 16.5. The summed E-state index contributed by atoms with van der Waals surface area (Å²) in [5.74, 6) is 0.495. The lowest BCUT2D eigenvalue weighted by molar-refractivity contribution is 0.0801. The summed E-state index contributed by atoms with van der Waals surface area (Å²) in [7, 11) is 1.77. The molecule has 2 aromatic rings. The van der Waals surface area contributed by atoms with Crippen molar-refractivity contribution in [1.82, 2.24) is 10.1 Å². The van der Waals surface area contributed by atoms with Gasteiger partial charge in [-0.2, -0.15) is 0 Å². The molecule has 18 heavy (non-hydrogen) atoms. The maximum Gasteiger partial charge on any atom is 0.259 e. The molecule has 0 saturated heterocycles. The number of carbonyl (C=O) groups excluding carboxylic acids is 1. The lowest BCUT2D eigenvalue weighted by atomic mass is 10.1. The van der Waals surface area contributed by atoms with E-state index in [0.717, 1.165) is 5.56 Å². The van der Waals surface area contributed by atoms with Crippen LogP contribution in [0.5, 0.6) is 0 Å². The van der Waals surface area contributed by atoms with Crippen LogP contribution in [0.2, 0.25) is 0 Å². The second kappa shape index (κ2) is 5.04. The maximum absolute atomic E-state index is 12.3. The zero-order valence-electron chi connectivity index (χ0n) is 10.8. The van der Waals surface area contributed by atoms with Crippen LogP contribution < -0.4 is 0 Å². The van der Waals surface area contributed by atoms with Crippen molar-refractivity contribution < 1.29 is 9.32 Å². The predicted molar refractivity (Wildman–Crippen MR) is 69.3 cm³/mol. The van der Waals surface area contributed by atoms with Gasteiger partial charge in [-0.3, -0.25) is 4.79 Å². The number of nitrogens with zero attached hydrogens (tertiary/aromatic N) is 2. The maximum atomic E-state index is 12.3. The van der Waals surface area contributed by atoms with Crippen LogP contribution in [-0.4, -0.2) is 29.6 Å². The molecule has 1 aromatic carbocycles. The summed E-state index contributed by atoms with van der Waals surface area (Å²) in [5.41, 5.74) is 2.05. The van der Waals surface area contributed by atoms with Crippen molar-refractivity contribution in [1.29, 1.82) is 0 Å². The molecule has 1 amide bonds. The van der Waals surface area contributed by atoms with E-state index in [1.165, 1.54) is 0 Å². The summed E-state index contributed by atoms with van der Waals surface area (Å²) >= 11 is 0. The molecule has 4 heteroatoms. The molecule has 0 aliphatic carbocycles. The van der Waals surface area contributed by atoms with E-state index >= 15 is 0 Å². The predicted octanol–water partition coefficient (Wildman–Crippen LogP) is 2.74. The summed E-state index contributed by atoms with van der Waals surface area (Å²) in [6.45, 7) is 4.34. The molecule has 0 aliphatic rings. The Kier molecular flexibility index (Phi) is 3.46. The number of amides is 1. The third-order valence-corrected chi connectivity index (χ3v) is 2.94. The fraction of sp³-hybridized carbons (Fsp3) is 0.286. The van der Waals surface area contributed by atoms with E-state index in [4.69, 9.17) is 4.52 Å². The van der Waals surface area contributed by atoms with Gasteiger partial charge < -0.3 is 9.42 Å². The van der Waals surface area contributed by atoms with Gasteiger partial charge in [-0.25, -0.2) is 0 Å². The fourth-order valence-electron chi connectivity index (χ4n) is 1.75. The molecule has 94 valence electrons. The van der Waals surface area contributed by atoms with Crippen LogP contribution >= 0.6 is 0 Å². The summed E-state index contributed by atoms with van der Waals surface area (Å²) < 4.78 is 5.17. The minimum atomic E-state index is -0.0601. The highest BCUT2D eigenvalue weighted by molar-refractivity contribution is 6.00. The average molecular weight is 244 g/mol. The van der Waals surface area contributed by atoms with Gasteiger partial charge in [0.15, 0.2) is 0 Å². The smallest absolute Gasteiger partial charge is 0.259 e. The summed E-state index contributed by atoms with van der Waals surface area (Å²) in [6, 6.07) is 9.59. The van der Waals surface area contributed by atoms with E-state index in [1.807, 2.05) is 37.3 Å². The Morgan fingerprint density at radius 3 is 2.61 bits per heavy atom. The molecule has 0 N–H and O–H groups in total.